The van der Waals surface area contributed by atoms with Crippen molar-refractivity contribution in [2.75, 3.05) is 13.1 Å². The maximum Gasteiger partial charge on any atom is 0.283 e. The van der Waals surface area contributed by atoms with Crippen LogP contribution in [0.3, 0.4) is 0 Å². The van der Waals surface area contributed by atoms with Crippen LogP contribution in [0.1, 0.15) is 42.4 Å². The fraction of sp³-hybridized carbons (Fsp3) is 0.474. The average molecular weight is 435 g/mol. The molecule has 5 rings (SSSR count). The fourth-order valence-corrected chi connectivity index (χ4v) is 5.54. The third-order valence-electron chi connectivity index (χ3n) is 5.21. The van der Waals surface area contributed by atoms with Crippen molar-refractivity contribution in [3.05, 3.63) is 40.4 Å². The first-order valence-electron chi connectivity index (χ1n) is 9.77. The molecular formula is C19H22N4O4S2. The molecule has 1 N–H and O–H groups in total. The highest BCUT2D eigenvalue weighted by molar-refractivity contribution is 7.89. The SMILES string of the molecule is O=S(=O)(NC1CCCN(Cc2cccs2)C1)c1ccc(-c2nnc(C3CC3)o2)o1. The largest absolute Gasteiger partial charge is 0.438 e. The molecule has 0 radical (unpaired) electrons. The van der Waals surface area contributed by atoms with Gasteiger partial charge < -0.3 is 8.83 Å². The van der Waals surface area contributed by atoms with Gasteiger partial charge in [-0.2, -0.15) is 0 Å². The van der Waals surface area contributed by atoms with Crippen LogP contribution in [0.2, 0.25) is 0 Å². The van der Waals surface area contributed by atoms with Crippen LogP contribution in [0, 0.1) is 0 Å². The van der Waals surface area contributed by atoms with Gasteiger partial charge in [-0.25, -0.2) is 13.1 Å². The minimum atomic E-state index is -3.76. The van der Waals surface area contributed by atoms with Crippen LogP contribution in [0.15, 0.2) is 43.6 Å². The number of likely N-dealkylation sites (tertiary alicyclic amines) is 1. The van der Waals surface area contributed by atoms with Gasteiger partial charge in [0.15, 0.2) is 5.76 Å². The van der Waals surface area contributed by atoms with Crippen molar-refractivity contribution in [1.82, 2.24) is 19.8 Å². The lowest BCUT2D eigenvalue weighted by Gasteiger charge is -2.32. The second kappa shape index (κ2) is 7.67. The molecule has 0 amide bonds. The van der Waals surface area contributed by atoms with Gasteiger partial charge in [-0.3, -0.25) is 4.90 Å². The molecule has 1 unspecified atom stereocenters. The molecule has 4 heterocycles. The van der Waals surface area contributed by atoms with Crippen molar-refractivity contribution in [2.45, 2.75) is 49.3 Å². The summed E-state index contributed by atoms with van der Waals surface area (Å²) in [7, 11) is -3.76. The molecule has 1 atom stereocenters. The Kier molecular flexibility index (Phi) is 5.02. The first kappa shape index (κ1) is 19.0. The van der Waals surface area contributed by atoms with E-state index in [9.17, 15) is 8.42 Å². The van der Waals surface area contributed by atoms with Gasteiger partial charge in [0.05, 0.1) is 0 Å². The summed E-state index contributed by atoms with van der Waals surface area (Å²) in [6.45, 7) is 2.50. The smallest absolute Gasteiger partial charge is 0.283 e. The zero-order valence-corrected chi connectivity index (χ0v) is 17.4. The second-order valence-corrected chi connectivity index (χ2v) is 10.3. The summed E-state index contributed by atoms with van der Waals surface area (Å²) in [5, 5.41) is 9.91. The quantitative estimate of drug-likeness (QED) is 0.609. The summed E-state index contributed by atoms with van der Waals surface area (Å²) in [6, 6.07) is 6.99. The Morgan fingerprint density at radius 1 is 1.17 bits per heavy atom. The van der Waals surface area contributed by atoms with Gasteiger partial charge in [0.2, 0.25) is 11.0 Å². The van der Waals surface area contributed by atoms with Gasteiger partial charge in [0.1, 0.15) is 0 Å². The predicted octanol–water partition coefficient (Wildman–Crippen LogP) is 3.21. The van der Waals surface area contributed by atoms with E-state index >= 15 is 0 Å². The molecule has 3 aromatic heterocycles. The van der Waals surface area contributed by atoms with E-state index in [2.05, 4.69) is 31.3 Å². The number of nitrogens with zero attached hydrogens (tertiary/aromatic N) is 3. The highest BCUT2D eigenvalue weighted by atomic mass is 32.2. The number of rotatable bonds is 7. The summed E-state index contributed by atoms with van der Waals surface area (Å²) < 4.78 is 39.5. The molecule has 10 heteroatoms. The van der Waals surface area contributed by atoms with Crippen LogP contribution in [0.4, 0.5) is 0 Å². The molecule has 3 aromatic rings. The maximum absolute atomic E-state index is 12.8. The van der Waals surface area contributed by atoms with Crippen molar-refractivity contribution in [2.24, 2.45) is 0 Å². The highest BCUT2D eigenvalue weighted by Gasteiger charge is 2.31. The molecule has 1 saturated heterocycles. The zero-order chi connectivity index (χ0) is 19.8. The Hall–Kier alpha value is -2.01. The van der Waals surface area contributed by atoms with Crippen molar-refractivity contribution >= 4 is 21.4 Å². The van der Waals surface area contributed by atoms with E-state index in [4.69, 9.17) is 8.83 Å². The van der Waals surface area contributed by atoms with Crippen LogP contribution in [0.5, 0.6) is 0 Å². The number of hydrogen-bond donors (Lipinski definition) is 1. The van der Waals surface area contributed by atoms with Crippen LogP contribution in [0.25, 0.3) is 11.7 Å². The summed E-state index contributed by atoms with van der Waals surface area (Å²) in [6.07, 6.45) is 3.86. The van der Waals surface area contributed by atoms with Gasteiger partial charge in [0, 0.05) is 29.9 Å². The van der Waals surface area contributed by atoms with E-state index in [1.165, 1.54) is 10.9 Å². The number of nitrogens with one attached hydrogen (secondary N) is 1. The third kappa shape index (κ3) is 4.30. The number of furan rings is 1. The highest BCUT2D eigenvalue weighted by Crippen LogP contribution is 2.40. The van der Waals surface area contributed by atoms with Crippen molar-refractivity contribution < 1.29 is 17.3 Å². The minimum absolute atomic E-state index is 0.131. The lowest BCUT2D eigenvalue weighted by atomic mass is 10.1. The van der Waals surface area contributed by atoms with Crippen LogP contribution in [-0.2, 0) is 16.6 Å². The van der Waals surface area contributed by atoms with Crippen molar-refractivity contribution in [1.29, 1.82) is 0 Å². The van der Waals surface area contributed by atoms with Crippen LogP contribution in [-0.4, -0.2) is 42.6 Å². The molecule has 0 spiro atoms. The minimum Gasteiger partial charge on any atom is -0.438 e. The molecule has 2 fully saturated rings. The third-order valence-corrected chi connectivity index (χ3v) is 7.46. The van der Waals surface area contributed by atoms with Crippen LogP contribution < -0.4 is 4.72 Å². The fourth-order valence-electron chi connectivity index (χ4n) is 3.60. The first-order valence-corrected chi connectivity index (χ1v) is 12.1. The number of hydrogen-bond acceptors (Lipinski definition) is 8. The van der Waals surface area contributed by atoms with Gasteiger partial charge in [-0.05, 0) is 55.8 Å². The molecule has 29 heavy (non-hydrogen) atoms. The van der Waals surface area contributed by atoms with E-state index < -0.39 is 10.0 Å². The molecule has 8 nitrogen and oxygen atoms in total. The molecule has 1 aliphatic carbocycles. The van der Waals surface area contributed by atoms with Crippen molar-refractivity contribution in [3.8, 4) is 11.7 Å². The molecule has 154 valence electrons. The average Bonchev–Trinajstić information content (AvgIpc) is 3.12. The van der Waals surface area contributed by atoms with E-state index in [-0.39, 0.29) is 22.8 Å². The lowest BCUT2D eigenvalue weighted by Crippen LogP contribution is -2.47. The predicted molar refractivity (Wildman–Crippen MR) is 107 cm³/mol. The Labute approximate surface area is 173 Å². The zero-order valence-electron chi connectivity index (χ0n) is 15.8. The first-order chi connectivity index (χ1) is 14.1. The topological polar surface area (TPSA) is 101 Å². The molecular weight excluding hydrogens is 412 g/mol. The van der Waals surface area contributed by atoms with E-state index in [0.29, 0.717) is 18.4 Å². The molecule has 0 aromatic carbocycles. The Morgan fingerprint density at radius 3 is 2.86 bits per heavy atom. The standard InChI is InChI=1S/C19H22N4O4S2/c24-29(25,22-14-3-1-9-23(11-14)12-15-4-2-10-28-15)17-8-7-16(26-17)19-21-20-18(27-19)13-5-6-13/h2,4,7-8,10,13-14,22H,1,3,5-6,9,11-12H2. The van der Waals surface area contributed by atoms with E-state index in [1.807, 2.05) is 6.07 Å². The molecule has 2 aliphatic rings. The number of piperidine rings is 1. The summed E-state index contributed by atoms with van der Waals surface area (Å²) in [4.78, 5) is 3.57. The summed E-state index contributed by atoms with van der Waals surface area (Å²) in [5.41, 5.74) is 0. The summed E-state index contributed by atoms with van der Waals surface area (Å²) >= 11 is 1.72. The molecule has 0 bridgehead atoms. The number of sulfonamides is 1. The Bertz CT molecular complexity index is 1070. The lowest BCUT2D eigenvalue weighted by molar-refractivity contribution is 0.195. The van der Waals surface area contributed by atoms with Gasteiger partial charge >= 0.3 is 0 Å². The number of thiophene rings is 1. The van der Waals surface area contributed by atoms with Gasteiger partial charge in [0.25, 0.3) is 15.9 Å². The number of aromatic nitrogens is 2. The summed E-state index contributed by atoms with van der Waals surface area (Å²) in [5.74, 6) is 1.41. The van der Waals surface area contributed by atoms with Gasteiger partial charge in [-0.1, -0.05) is 6.07 Å². The van der Waals surface area contributed by atoms with Gasteiger partial charge in [-0.15, -0.1) is 21.5 Å². The van der Waals surface area contributed by atoms with E-state index in [0.717, 1.165) is 38.8 Å². The Morgan fingerprint density at radius 2 is 2.07 bits per heavy atom. The second-order valence-electron chi connectivity index (χ2n) is 7.61. The normalized spacial score (nSPS) is 20.9. The maximum atomic E-state index is 12.8. The monoisotopic (exact) mass is 434 g/mol. The molecule has 1 saturated carbocycles. The Balaban J connectivity index is 1.25. The van der Waals surface area contributed by atoms with Crippen molar-refractivity contribution in [3.63, 3.8) is 0 Å². The molecule has 1 aliphatic heterocycles. The van der Waals surface area contributed by atoms with Crippen LogP contribution >= 0.6 is 11.3 Å². The van der Waals surface area contributed by atoms with E-state index in [1.54, 1.807) is 17.4 Å².